The molecule has 1 fully saturated rings. The van der Waals surface area contributed by atoms with Crippen LogP contribution < -0.4 is 14.8 Å². The number of nitrogens with one attached hydrogen (secondary N) is 2. The molecule has 1 aromatic carbocycles. The van der Waals surface area contributed by atoms with Crippen molar-refractivity contribution in [3.63, 3.8) is 0 Å². The first-order chi connectivity index (χ1) is 14.0. The van der Waals surface area contributed by atoms with Crippen molar-refractivity contribution < 1.29 is 18.3 Å². The van der Waals surface area contributed by atoms with Gasteiger partial charge in [0.25, 0.3) is 0 Å². The summed E-state index contributed by atoms with van der Waals surface area (Å²) in [5.41, 5.74) is 1.51. The number of aromatic nitrogens is 1. The minimum Gasteiger partial charge on any atom is -0.495 e. The second kappa shape index (κ2) is 8.82. The molecule has 30 heavy (non-hydrogen) atoms. The highest BCUT2D eigenvalue weighted by molar-refractivity contribution is 7.89. The topological polar surface area (TPSA) is 101 Å². The predicted molar refractivity (Wildman–Crippen MR) is 121 cm³/mol. The number of benzene rings is 1. The van der Waals surface area contributed by atoms with Gasteiger partial charge < -0.3 is 15.2 Å². The Balaban J connectivity index is 1.92. The van der Waals surface area contributed by atoms with Crippen LogP contribution in [0.4, 0.5) is 5.13 Å². The molecule has 0 spiro atoms. The lowest BCUT2D eigenvalue weighted by molar-refractivity contribution is 0.120. The van der Waals surface area contributed by atoms with Crippen molar-refractivity contribution in [2.45, 2.75) is 76.0 Å². The summed E-state index contributed by atoms with van der Waals surface area (Å²) in [4.78, 5) is 5.63. The van der Waals surface area contributed by atoms with E-state index in [-0.39, 0.29) is 22.6 Å². The van der Waals surface area contributed by atoms with Crippen LogP contribution >= 0.6 is 11.3 Å². The second-order valence-electron chi connectivity index (χ2n) is 8.80. The van der Waals surface area contributed by atoms with Gasteiger partial charge in [0.05, 0.1) is 23.8 Å². The average Bonchev–Trinajstić information content (AvgIpc) is 3.01. The van der Waals surface area contributed by atoms with E-state index < -0.39 is 10.0 Å². The van der Waals surface area contributed by atoms with Gasteiger partial charge in [-0.05, 0) is 77.1 Å². The number of rotatable bonds is 6. The van der Waals surface area contributed by atoms with Gasteiger partial charge in [0.2, 0.25) is 10.0 Å². The van der Waals surface area contributed by atoms with Crippen LogP contribution in [0.5, 0.6) is 5.75 Å². The molecule has 2 aromatic rings. The van der Waals surface area contributed by atoms with Gasteiger partial charge in [-0.25, -0.2) is 18.1 Å². The highest BCUT2D eigenvalue weighted by Crippen LogP contribution is 2.37. The highest BCUT2D eigenvalue weighted by atomic mass is 32.2. The third-order valence-corrected chi connectivity index (χ3v) is 7.68. The van der Waals surface area contributed by atoms with E-state index >= 15 is 0 Å². The molecule has 0 saturated heterocycles. The summed E-state index contributed by atoms with van der Waals surface area (Å²) in [5, 5.41) is 13.8. The standard InChI is InChI=1S/C21H31N3O4S2/c1-13-19(29-20(22-13)23-21(2,3)4)14-6-11-17(28-5)18(12-14)30(26,27)24-15-7-9-16(25)10-8-15/h6,11-12,15-16,24-25H,7-10H2,1-5H3,(H,22,23)/t15-,16+. The maximum Gasteiger partial charge on any atom is 0.244 e. The number of nitrogens with zero attached hydrogens (tertiary/aromatic N) is 1. The molecule has 7 nitrogen and oxygen atoms in total. The van der Waals surface area contributed by atoms with Gasteiger partial charge in [0.1, 0.15) is 10.6 Å². The largest absolute Gasteiger partial charge is 0.495 e. The van der Waals surface area contributed by atoms with E-state index in [0.717, 1.165) is 21.3 Å². The Morgan fingerprint density at radius 1 is 1.20 bits per heavy atom. The highest BCUT2D eigenvalue weighted by Gasteiger charge is 2.28. The fourth-order valence-electron chi connectivity index (χ4n) is 3.54. The van der Waals surface area contributed by atoms with E-state index in [9.17, 15) is 13.5 Å². The first-order valence-corrected chi connectivity index (χ1v) is 12.4. The first kappa shape index (κ1) is 23.0. The summed E-state index contributed by atoms with van der Waals surface area (Å²) in [6, 6.07) is 5.01. The van der Waals surface area contributed by atoms with Gasteiger partial charge in [0, 0.05) is 11.6 Å². The zero-order valence-electron chi connectivity index (χ0n) is 18.2. The average molecular weight is 454 g/mol. The Morgan fingerprint density at radius 2 is 1.87 bits per heavy atom. The van der Waals surface area contributed by atoms with Crippen LogP contribution in [-0.4, -0.2) is 43.3 Å². The number of aliphatic hydroxyl groups is 1. The Kier molecular flexibility index (Phi) is 6.76. The Morgan fingerprint density at radius 3 is 2.47 bits per heavy atom. The van der Waals surface area contributed by atoms with E-state index in [4.69, 9.17) is 4.74 Å². The number of ether oxygens (including phenoxy) is 1. The van der Waals surface area contributed by atoms with Gasteiger partial charge in [-0.15, -0.1) is 0 Å². The number of aliphatic hydroxyl groups excluding tert-OH is 1. The van der Waals surface area contributed by atoms with Gasteiger partial charge >= 0.3 is 0 Å². The van der Waals surface area contributed by atoms with Crippen molar-refractivity contribution in [3.8, 4) is 16.2 Å². The van der Waals surface area contributed by atoms with Gasteiger partial charge in [-0.2, -0.15) is 0 Å². The van der Waals surface area contributed by atoms with E-state index in [0.29, 0.717) is 31.4 Å². The van der Waals surface area contributed by atoms with Crippen molar-refractivity contribution in [2.24, 2.45) is 0 Å². The molecular formula is C21H31N3O4S2. The molecule has 3 rings (SSSR count). The van der Waals surface area contributed by atoms with E-state index in [1.54, 1.807) is 12.1 Å². The van der Waals surface area contributed by atoms with Crippen LogP contribution in [0, 0.1) is 6.92 Å². The molecule has 1 heterocycles. The number of anilines is 1. The molecule has 0 amide bonds. The minimum absolute atomic E-state index is 0.117. The molecule has 1 aromatic heterocycles. The van der Waals surface area contributed by atoms with Gasteiger partial charge in [-0.1, -0.05) is 11.3 Å². The summed E-state index contributed by atoms with van der Waals surface area (Å²) < 4.78 is 34.4. The lowest BCUT2D eigenvalue weighted by Gasteiger charge is -2.26. The maximum absolute atomic E-state index is 13.1. The normalized spacial score (nSPS) is 20.2. The monoisotopic (exact) mass is 453 g/mol. The fraction of sp³-hybridized carbons (Fsp3) is 0.571. The summed E-state index contributed by atoms with van der Waals surface area (Å²) in [6.07, 6.45) is 2.12. The quantitative estimate of drug-likeness (QED) is 0.613. The van der Waals surface area contributed by atoms with Gasteiger partial charge in [-0.3, -0.25) is 0 Å². The molecule has 9 heteroatoms. The molecule has 0 radical (unpaired) electrons. The fourth-order valence-corrected chi connectivity index (χ4v) is 6.21. The van der Waals surface area contributed by atoms with Crippen LogP contribution in [0.25, 0.3) is 10.4 Å². The van der Waals surface area contributed by atoms with Crippen molar-refractivity contribution in [1.29, 1.82) is 0 Å². The molecular weight excluding hydrogens is 422 g/mol. The second-order valence-corrected chi connectivity index (χ2v) is 11.5. The lowest BCUT2D eigenvalue weighted by Crippen LogP contribution is -2.38. The van der Waals surface area contributed by atoms with Crippen LogP contribution in [0.2, 0.25) is 0 Å². The number of aryl methyl sites for hydroxylation is 1. The summed E-state index contributed by atoms with van der Waals surface area (Å²) in [6.45, 7) is 8.12. The Labute approximate surface area is 182 Å². The number of hydrogen-bond acceptors (Lipinski definition) is 7. The van der Waals surface area contributed by atoms with E-state index in [1.807, 2.05) is 13.0 Å². The van der Waals surface area contributed by atoms with Crippen molar-refractivity contribution in [2.75, 3.05) is 12.4 Å². The Hall–Kier alpha value is -1.68. The maximum atomic E-state index is 13.1. The van der Waals surface area contributed by atoms with Crippen LogP contribution in [0.1, 0.15) is 52.1 Å². The third-order valence-electron chi connectivity index (χ3n) is 5.01. The summed E-state index contributed by atoms with van der Waals surface area (Å²) >= 11 is 1.50. The van der Waals surface area contributed by atoms with Crippen molar-refractivity contribution >= 4 is 26.5 Å². The summed E-state index contributed by atoms with van der Waals surface area (Å²) in [5.74, 6) is 0.303. The van der Waals surface area contributed by atoms with Crippen LogP contribution in [-0.2, 0) is 10.0 Å². The molecule has 0 bridgehead atoms. The smallest absolute Gasteiger partial charge is 0.244 e. The number of thiazole rings is 1. The minimum atomic E-state index is -3.77. The number of methoxy groups -OCH3 is 1. The first-order valence-electron chi connectivity index (χ1n) is 10.1. The molecule has 1 aliphatic rings. The number of sulfonamides is 1. The van der Waals surface area contributed by atoms with Crippen LogP contribution in [0.3, 0.4) is 0 Å². The molecule has 0 atom stereocenters. The molecule has 0 unspecified atom stereocenters. The van der Waals surface area contributed by atoms with E-state index in [1.165, 1.54) is 18.4 Å². The summed E-state index contributed by atoms with van der Waals surface area (Å²) in [7, 11) is -2.31. The zero-order chi connectivity index (χ0) is 22.1. The third kappa shape index (κ3) is 5.51. The number of hydrogen-bond donors (Lipinski definition) is 3. The Bertz CT molecular complexity index is 988. The molecule has 0 aliphatic heterocycles. The predicted octanol–water partition coefficient (Wildman–Crippen LogP) is 3.92. The molecule has 3 N–H and O–H groups in total. The van der Waals surface area contributed by atoms with E-state index in [2.05, 4.69) is 35.8 Å². The molecule has 1 saturated carbocycles. The van der Waals surface area contributed by atoms with Crippen molar-refractivity contribution in [3.05, 3.63) is 23.9 Å². The molecule has 166 valence electrons. The zero-order valence-corrected chi connectivity index (χ0v) is 19.8. The van der Waals surface area contributed by atoms with Crippen LogP contribution in [0.15, 0.2) is 23.1 Å². The lowest BCUT2D eigenvalue weighted by atomic mass is 9.94. The van der Waals surface area contributed by atoms with Gasteiger partial charge in [0.15, 0.2) is 5.13 Å². The molecule has 1 aliphatic carbocycles. The SMILES string of the molecule is COc1ccc(-c2sc(NC(C)(C)C)nc2C)cc1S(=O)(=O)N[C@H]1CC[C@@H](O)CC1. The van der Waals surface area contributed by atoms with Crippen molar-refractivity contribution in [1.82, 2.24) is 9.71 Å².